The predicted molar refractivity (Wildman–Crippen MR) is 165 cm³/mol. The zero-order chi connectivity index (χ0) is 25.1. The van der Waals surface area contributed by atoms with E-state index in [-0.39, 0.29) is 11.5 Å². The van der Waals surface area contributed by atoms with Crippen molar-refractivity contribution in [3.05, 3.63) is 88.7 Å². The van der Waals surface area contributed by atoms with E-state index in [9.17, 15) is 10.2 Å². The van der Waals surface area contributed by atoms with Gasteiger partial charge >= 0.3 is 0 Å². The average molecular weight is 585 g/mol. The van der Waals surface area contributed by atoms with E-state index >= 15 is 0 Å². The van der Waals surface area contributed by atoms with Crippen molar-refractivity contribution in [1.82, 2.24) is 0 Å². The molecule has 10 heteroatoms. The zero-order valence-electron chi connectivity index (χ0n) is 19.2. The fraction of sp³-hybridized carbons (Fsp3) is 0.0769. The number of phenols is 2. The summed E-state index contributed by atoms with van der Waals surface area (Å²) in [6.45, 7) is 0. The molecule has 0 radical (unpaired) electrons. The molecule has 0 unspecified atom stereocenters. The SMILES string of the molecule is CSC1=C(SC)SC(=C2Sc3cc(N=Cc4ccccc4O)c(N=Cc4ccccc4O)cc3S2)S1. The lowest BCUT2D eigenvalue weighted by Gasteiger charge is -2.05. The highest BCUT2D eigenvalue weighted by Gasteiger charge is 2.29. The van der Waals surface area contributed by atoms with Crippen LogP contribution in [0.2, 0.25) is 0 Å². The average Bonchev–Trinajstić information content (AvgIpc) is 3.51. The Balaban J connectivity index is 1.51. The summed E-state index contributed by atoms with van der Waals surface area (Å²) >= 11 is 10.8. The third-order valence-electron chi connectivity index (χ3n) is 5.08. The molecule has 3 aromatic rings. The molecule has 0 bridgehead atoms. The Labute approximate surface area is 235 Å². The van der Waals surface area contributed by atoms with Crippen molar-refractivity contribution < 1.29 is 10.2 Å². The number of phenolic OH excluding ortho intramolecular Hbond substituents is 2. The molecule has 2 aliphatic rings. The molecule has 0 fully saturated rings. The normalized spacial score (nSPS) is 15.6. The van der Waals surface area contributed by atoms with E-state index in [2.05, 4.69) is 24.6 Å². The van der Waals surface area contributed by atoms with E-state index < -0.39 is 0 Å². The Morgan fingerprint density at radius 3 is 1.47 bits per heavy atom. The highest BCUT2D eigenvalue weighted by atomic mass is 32.3. The van der Waals surface area contributed by atoms with Crippen molar-refractivity contribution >= 4 is 94.4 Å². The highest BCUT2D eigenvalue weighted by Crippen LogP contribution is 2.64. The fourth-order valence-electron chi connectivity index (χ4n) is 3.29. The molecular weight excluding hydrogens is 565 g/mol. The van der Waals surface area contributed by atoms with Gasteiger partial charge in [-0.25, -0.2) is 0 Å². The van der Waals surface area contributed by atoms with Crippen molar-refractivity contribution in [1.29, 1.82) is 0 Å². The van der Waals surface area contributed by atoms with E-state index in [4.69, 9.17) is 9.98 Å². The summed E-state index contributed by atoms with van der Waals surface area (Å²) in [5, 5.41) is 20.3. The van der Waals surface area contributed by atoms with Crippen LogP contribution < -0.4 is 0 Å². The van der Waals surface area contributed by atoms with Gasteiger partial charge in [0, 0.05) is 33.3 Å². The molecule has 4 nitrogen and oxygen atoms in total. The maximum absolute atomic E-state index is 10.2. The first-order chi connectivity index (χ1) is 17.6. The minimum Gasteiger partial charge on any atom is -0.507 e. The van der Waals surface area contributed by atoms with Gasteiger partial charge in [-0.3, -0.25) is 9.98 Å². The maximum Gasteiger partial charge on any atom is 0.124 e. The fourth-order valence-corrected chi connectivity index (χ4v) is 11.1. The van der Waals surface area contributed by atoms with Gasteiger partial charge in [0.2, 0.25) is 0 Å². The van der Waals surface area contributed by atoms with Gasteiger partial charge in [-0.05, 0) is 48.9 Å². The highest BCUT2D eigenvalue weighted by molar-refractivity contribution is 8.41. The second-order valence-electron chi connectivity index (χ2n) is 7.39. The number of aromatic hydroxyl groups is 2. The molecule has 5 rings (SSSR count). The van der Waals surface area contributed by atoms with Crippen molar-refractivity contribution in [3.63, 3.8) is 0 Å². The summed E-state index contributed by atoms with van der Waals surface area (Å²) in [5.41, 5.74) is 2.67. The van der Waals surface area contributed by atoms with Crippen molar-refractivity contribution in [2.45, 2.75) is 9.79 Å². The maximum atomic E-state index is 10.2. The molecule has 2 heterocycles. The Kier molecular flexibility index (Phi) is 8.39. The molecule has 0 saturated heterocycles. The Morgan fingerprint density at radius 1 is 0.639 bits per heavy atom. The van der Waals surface area contributed by atoms with E-state index in [1.807, 2.05) is 47.8 Å². The number of para-hydroxylation sites is 2. The van der Waals surface area contributed by atoms with Gasteiger partial charge in [-0.1, -0.05) is 71.3 Å². The lowest BCUT2D eigenvalue weighted by molar-refractivity contribution is 0.474. The molecule has 2 aliphatic heterocycles. The van der Waals surface area contributed by atoms with Gasteiger partial charge in [-0.2, -0.15) is 0 Å². The van der Waals surface area contributed by atoms with Crippen LogP contribution in [-0.2, 0) is 0 Å². The minimum atomic E-state index is 0.176. The summed E-state index contributed by atoms with van der Waals surface area (Å²) in [4.78, 5) is 11.7. The standard InChI is InChI=1S/C26H20N2O2S6/c1-31-23-24(32-2)36-26(35-23)25-33-21-11-17(27-13-15-7-3-5-9-19(15)29)18(12-22(21)34-25)28-14-16-8-4-6-10-20(16)30/h3-14,29-30H,1-2H3. The van der Waals surface area contributed by atoms with Crippen LogP contribution >= 0.6 is 70.6 Å². The molecule has 36 heavy (non-hydrogen) atoms. The molecular formula is C26H20N2O2S6. The lowest BCUT2D eigenvalue weighted by atomic mass is 10.2. The second-order valence-corrected chi connectivity index (χ2v) is 14.2. The molecule has 182 valence electrons. The quantitative estimate of drug-likeness (QED) is 0.278. The predicted octanol–water partition coefficient (Wildman–Crippen LogP) is 9.26. The molecule has 0 aliphatic carbocycles. The van der Waals surface area contributed by atoms with Crippen LogP contribution in [0.5, 0.6) is 11.5 Å². The van der Waals surface area contributed by atoms with E-state index in [0.717, 1.165) is 9.79 Å². The first-order valence-corrected chi connectivity index (χ1v) is 16.4. The van der Waals surface area contributed by atoms with Gasteiger partial charge in [-0.15, -0.1) is 23.5 Å². The van der Waals surface area contributed by atoms with Crippen LogP contribution in [0.15, 0.2) is 97.4 Å². The van der Waals surface area contributed by atoms with Crippen LogP contribution in [0.3, 0.4) is 0 Å². The largest absolute Gasteiger partial charge is 0.507 e. The van der Waals surface area contributed by atoms with Crippen LogP contribution in [0.1, 0.15) is 11.1 Å². The van der Waals surface area contributed by atoms with Gasteiger partial charge in [0.15, 0.2) is 0 Å². The van der Waals surface area contributed by atoms with Gasteiger partial charge in [0.05, 0.1) is 28.3 Å². The number of hydrogen-bond donors (Lipinski definition) is 2. The van der Waals surface area contributed by atoms with Crippen molar-refractivity contribution in [2.75, 3.05) is 12.5 Å². The number of fused-ring (bicyclic) bond motifs is 1. The summed E-state index contributed by atoms with van der Waals surface area (Å²) < 4.78 is 5.29. The summed E-state index contributed by atoms with van der Waals surface area (Å²) in [6, 6.07) is 18.3. The van der Waals surface area contributed by atoms with Crippen molar-refractivity contribution in [2.24, 2.45) is 9.98 Å². The van der Waals surface area contributed by atoms with E-state index in [1.54, 1.807) is 83.7 Å². The van der Waals surface area contributed by atoms with Gasteiger partial charge in [0.25, 0.3) is 0 Å². The molecule has 0 atom stereocenters. The van der Waals surface area contributed by atoms with Crippen LogP contribution in [-0.4, -0.2) is 35.2 Å². The van der Waals surface area contributed by atoms with Crippen LogP contribution in [0.25, 0.3) is 0 Å². The number of rotatable bonds is 6. The zero-order valence-corrected chi connectivity index (χ0v) is 24.1. The molecule has 0 saturated carbocycles. The van der Waals surface area contributed by atoms with Crippen LogP contribution in [0, 0.1) is 0 Å². The number of aliphatic imine (C=N–C) groups is 2. The monoisotopic (exact) mass is 584 g/mol. The lowest BCUT2D eigenvalue weighted by Crippen LogP contribution is -1.83. The first kappa shape index (κ1) is 25.8. The number of thioether (sulfide) groups is 6. The van der Waals surface area contributed by atoms with Gasteiger partial charge in [0.1, 0.15) is 11.5 Å². The topological polar surface area (TPSA) is 65.2 Å². The smallest absolute Gasteiger partial charge is 0.124 e. The molecule has 3 aromatic carbocycles. The summed E-state index contributed by atoms with van der Waals surface area (Å²) in [6.07, 6.45) is 7.56. The molecule has 0 aromatic heterocycles. The van der Waals surface area contributed by atoms with Crippen molar-refractivity contribution in [3.8, 4) is 11.5 Å². The van der Waals surface area contributed by atoms with E-state index in [1.165, 1.54) is 16.9 Å². The third kappa shape index (κ3) is 5.69. The molecule has 2 N–H and O–H groups in total. The second kappa shape index (κ2) is 11.7. The number of nitrogens with zero attached hydrogens (tertiary/aromatic N) is 2. The summed E-state index contributed by atoms with van der Waals surface area (Å²) in [7, 11) is 0. The van der Waals surface area contributed by atoms with Crippen LogP contribution in [0.4, 0.5) is 11.4 Å². The minimum absolute atomic E-state index is 0.176. The molecule has 0 spiro atoms. The Bertz CT molecular complexity index is 1340. The van der Waals surface area contributed by atoms with E-state index in [0.29, 0.717) is 22.5 Å². The molecule has 0 amide bonds. The first-order valence-electron chi connectivity index (χ1n) is 10.7. The number of benzene rings is 3. The number of hydrogen-bond acceptors (Lipinski definition) is 10. The third-order valence-corrected chi connectivity index (χ3v) is 13.3. The van der Waals surface area contributed by atoms with Gasteiger partial charge < -0.3 is 10.2 Å². The summed E-state index contributed by atoms with van der Waals surface area (Å²) in [5.74, 6) is 0.353. The Hall–Kier alpha value is -1.82. The Morgan fingerprint density at radius 2 is 1.06 bits per heavy atom.